The van der Waals surface area contributed by atoms with Crippen molar-refractivity contribution in [1.29, 1.82) is 0 Å². The summed E-state index contributed by atoms with van der Waals surface area (Å²) >= 11 is 8.25. The molecule has 0 saturated heterocycles. The van der Waals surface area contributed by atoms with Crippen LogP contribution in [0.15, 0.2) is 16.6 Å². The molecule has 0 bridgehead atoms. The first-order valence-electron chi connectivity index (χ1n) is 2.41. The summed E-state index contributed by atoms with van der Waals surface area (Å²) in [6, 6.07) is 1.83. The number of hydrogen-bond acceptors (Lipinski definition) is 0. The van der Waals surface area contributed by atoms with Gasteiger partial charge in [-0.3, -0.25) is 0 Å². The van der Waals surface area contributed by atoms with E-state index in [0.29, 0.717) is 0 Å². The van der Waals surface area contributed by atoms with E-state index in [9.17, 15) is 8.78 Å². The van der Waals surface area contributed by atoms with Gasteiger partial charge in [0.1, 0.15) is 11.6 Å². The summed E-state index contributed by atoms with van der Waals surface area (Å²) in [6.45, 7) is 0. The largest absolute Gasteiger partial charge is 0.207 e. The molecule has 0 saturated carbocycles. The summed E-state index contributed by atoms with van der Waals surface area (Å²) < 4.78 is 24.9. The average molecular weight is 227 g/mol. The lowest BCUT2D eigenvalue weighted by molar-refractivity contribution is 0.582. The van der Waals surface area contributed by atoms with E-state index in [1.165, 1.54) is 0 Å². The molecule has 0 aromatic heterocycles. The fourth-order valence-corrected chi connectivity index (χ4v) is 1.04. The van der Waals surface area contributed by atoms with E-state index in [2.05, 4.69) is 15.9 Å². The van der Waals surface area contributed by atoms with E-state index in [0.717, 1.165) is 12.1 Å². The normalized spacial score (nSPS) is 10.0. The molecule has 0 heterocycles. The van der Waals surface area contributed by atoms with E-state index in [4.69, 9.17) is 11.6 Å². The summed E-state index contributed by atoms with van der Waals surface area (Å²) in [4.78, 5) is 0. The van der Waals surface area contributed by atoms with Gasteiger partial charge in [0.25, 0.3) is 0 Å². The fraction of sp³-hybridized carbons (Fsp3) is 0. The van der Waals surface area contributed by atoms with Gasteiger partial charge in [-0.2, -0.15) is 0 Å². The zero-order valence-electron chi connectivity index (χ0n) is 4.67. The van der Waals surface area contributed by atoms with Crippen LogP contribution in [0.2, 0.25) is 5.02 Å². The van der Waals surface area contributed by atoms with Gasteiger partial charge in [0.2, 0.25) is 0 Å². The van der Waals surface area contributed by atoms with Gasteiger partial charge >= 0.3 is 0 Å². The molecule has 0 atom stereocenters. The second kappa shape index (κ2) is 2.84. The second-order valence-corrected chi connectivity index (χ2v) is 2.92. The highest BCUT2D eigenvalue weighted by Crippen LogP contribution is 2.25. The van der Waals surface area contributed by atoms with Crippen LogP contribution in [0.4, 0.5) is 8.78 Å². The molecule has 4 heteroatoms. The molecule has 1 aromatic carbocycles. The Labute approximate surface area is 69.9 Å². The molecule has 0 unspecified atom stereocenters. The minimum absolute atomic E-state index is 0.0959. The predicted molar refractivity (Wildman–Crippen MR) is 39.1 cm³/mol. The van der Waals surface area contributed by atoms with E-state index < -0.39 is 11.6 Å². The molecule has 0 radical (unpaired) electrons. The first-order valence-corrected chi connectivity index (χ1v) is 3.58. The minimum atomic E-state index is -0.756. The average Bonchev–Trinajstić information content (AvgIpc) is 1.82. The van der Waals surface area contributed by atoms with Crippen molar-refractivity contribution in [3.63, 3.8) is 0 Å². The quantitative estimate of drug-likeness (QED) is 0.471. The monoisotopic (exact) mass is 226 g/mol. The van der Waals surface area contributed by atoms with Crippen molar-refractivity contribution in [3.8, 4) is 0 Å². The molecular formula is C6H2BrClF2. The third kappa shape index (κ3) is 1.47. The first-order chi connectivity index (χ1) is 4.61. The van der Waals surface area contributed by atoms with Crippen LogP contribution in [0.1, 0.15) is 0 Å². The Morgan fingerprint density at radius 3 is 2.40 bits per heavy atom. The highest BCUT2D eigenvalue weighted by molar-refractivity contribution is 9.10. The lowest BCUT2D eigenvalue weighted by Crippen LogP contribution is -1.81. The van der Waals surface area contributed by atoms with Crippen LogP contribution in [0, 0.1) is 11.6 Å². The van der Waals surface area contributed by atoms with Gasteiger partial charge in [0, 0.05) is 10.5 Å². The molecule has 0 N–H and O–H groups in total. The molecule has 1 rings (SSSR count). The SMILES string of the molecule is Fc1cc(F)c(Cl)c(Br)c1. The van der Waals surface area contributed by atoms with Gasteiger partial charge in [0.15, 0.2) is 0 Å². The first kappa shape index (κ1) is 7.95. The van der Waals surface area contributed by atoms with E-state index in [1.807, 2.05) is 0 Å². The summed E-state index contributed by atoms with van der Waals surface area (Å²) in [5.41, 5.74) is 0. The summed E-state index contributed by atoms with van der Waals surface area (Å²) in [6.07, 6.45) is 0. The number of rotatable bonds is 0. The number of halogens is 4. The fourth-order valence-electron chi connectivity index (χ4n) is 0.525. The van der Waals surface area contributed by atoms with Crippen molar-refractivity contribution in [1.82, 2.24) is 0 Å². The van der Waals surface area contributed by atoms with Crippen LogP contribution in [0.25, 0.3) is 0 Å². The Bertz CT molecular complexity index is 239. The Hall–Kier alpha value is -0.150. The van der Waals surface area contributed by atoms with Crippen molar-refractivity contribution in [2.45, 2.75) is 0 Å². The Morgan fingerprint density at radius 2 is 1.90 bits per heavy atom. The molecule has 0 nitrogen and oxygen atoms in total. The number of hydrogen-bond donors (Lipinski definition) is 0. The van der Waals surface area contributed by atoms with Gasteiger partial charge in [-0.25, -0.2) is 8.78 Å². The molecule has 54 valence electrons. The van der Waals surface area contributed by atoms with Gasteiger partial charge < -0.3 is 0 Å². The van der Waals surface area contributed by atoms with Crippen molar-refractivity contribution in [3.05, 3.63) is 33.3 Å². The molecule has 10 heavy (non-hydrogen) atoms. The van der Waals surface area contributed by atoms with Crippen LogP contribution in [0.3, 0.4) is 0 Å². The van der Waals surface area contributed by atoms with Crippen LogP contribution in [0.5, 0.6) is 0 Å². The Morgan fingerprint density at radius 1 is 1.30 bits per heavy atom. The maximum atomic E-state index is 12.4. The molecule has 0 fully saturated rings. The molecule has 0 aliphatic rings. The Kier molecular flexibility index (Phi) is 2.26. The zero-order chi connectivity index (χ0) is 7.72. The van der Waals surface area contributed by atoms with Crippen molar-refractivity contribution in [2.24, 2.45) is 0 Å². The van der Waals surface area contributed by atoms with Crippen LogP contribution < -0.4 is 0 Å². The third-order valence-corrected chi connectivity index (χ3v) is 2.19. The van der Waals surface area contributed by atoms with Crippen LogP contribution >= 0.6 is 27.5 Å². The summed E-state index contributed by atoms with van der Waals surface area (Å²) in [5, 5.41) is -0.0959. The maximum absolute atomic E-state index is 12.4. The van der Waals surface area contributed by atoms with Gasteiger partial charge in [-0.1, -0.05) is 11.6 Å². The van der Waals surface area contributed by atoms with Crippen LogP contribution in [-0.2, 0) is 0 Å². The topological polar surface area (TPSA) is 0 Å². The lowest BCUT2D eigenvalue weighted by atomic mass is 10.3. The predicted octanol–water partition coefficient (Wildman–Crippen LogP) is 3.38. The molecule has 0 aliphatic carbocycles. The summed E-state index contributed by atoms with van der Waals surface area (Å²) in [7, 11) is 0. The van der Waals surface area contributed by atoms with Crippen molar-refractivity contribution < 1.29 is 8.78 Å². The molecule has 0 aliphatic heterocycles. The lowest BCUT2D eigenvalue weighted by Gasteiger charge is -1.95. The molecular weight excluding hydrogens is 225 g/mol. The second-order valence-electron chi connectivity index (χ2n) is 1.68. The van der Waals surface area contributed by atoms with Crippen LogP contribution in [-0.4, -0.2) is 0 Å². The van der Waals surface area contributed by atoms with E-state index in [1.54, 1.807) is 0 Å². The summed E-state index contributed by atoms with van der Waals surface area (Å²) in [5.74, 6) is -1.40. The third-order valence-electron chi connectivity index (χ3n) is 0.949. The number of benzene rings is 1. The van der Waals surface area contributed by atoms with Gasteiger partial charge in [-0.15, -0.1) is 0 Å². The zero-order valence-corrected chi connectivity index (χ0v) is 7.01. The Balaban J connectivity index is 3.31. The highest BCUT2D eigenvalue weighted by Gasteiger charge is 2.05. The van der Waals surface area contributed by atoms with Crippen molar-refractivity contribution >= 4 is 27.5 Å². The van der Waals surface area contributed by atoms with E-state index in [-0.39, 0.29) is 9.50 Å². The standard InChI is InChI=1S/C6H2BrClF2/c7-4-1-3(9)2-5(10)6(4)8/h1-2H. The maximum Gasteiger partial charge on any atom is 0.145 e. The van der Waals surface area contributed by atoms with Crippen molar-refractivity contribution in [2.75, 3.05) is 0 Å². The smallest absolute Gasteiger partial charge is 0.145 e. The van der Waals surface area contributed by atoms with Gasteiger partial charge in [-0.05, 0) is 22.0 Å². The molecule has 0 spiro atoms. The molecule has 1 aromatic rings. The molecule has 0 amide bonds. The van der Waals surface area contributed by atoms with E-state index >= 15 is 0 Å². The van der Waals surface area contributed by atoms with Gasteiger partial charge in [0.05, 0.1) is 5.02 Å². The highest BCUT2D eigenvalue weighted by atomic mass is 79.9. The minimum Gasteiger partial charge on any atom is -0.207 e.